The summed E-state index contributed by atoms with van der Waals surface area (Å²) in [6.45, 7) is 6.33. The fourth-order valence-corrected chi connectivity index (χ4v) is 2.47. The van der Waals surface area contributed by atoms with Crippen molar-refractivity contribution in [3.8, 4) is 11.5 Å². The minimum absolute atomic E-state index is 0.226. The van der Waals surface area contributed by atoms with E-state index in [1.807, 2.05) is 31.2 Å². The first-order valence-electron chi connectivity index (χ1n) is 9.28. The molecule has 7 heteroatoms. The van der Waals surface area contributed by atoms with Crippen molar-refractivity contribution in [2.75, 3.05) is 31.7 Å². The Balaban J connectivity index is 1.80. The molecule has 1 amide bonds. The van der Waals surface area contributed by atoms with Gasteiger partial charge in [-0.1, -0.05) is 6.92 Å². The van der Waals surface area contributed by atoms with Crippen LogP contribution in [0.15, 0.2) is 48.5 Å². The maximum absolute atomic E-state index is 12.3. The molecule has 6 nitrogen and oxygen atoms in total. The fraction of sp³-hybridized carbons (Fsp3) is 0.333. The van der Waals surface area contributed by atoms with Gasteiger partial charge in [-0.05, 0) is 74.1 Å². The molecule has 2 aromatic carbocycles. The molecule has 0 atom stereocenters. The number of benzene rings is 2. The van der Waals surface area contributed by atoms with Crippen LogP contribution < -0.4 is 20.1 Å². The van der Waals surface area contributed by atoms with Crippen molar-refractivity contribution in [1.29, 1.82) is 0 Å². The first-order chi connectivity index (χ1) is 13.6. The molecule has 2 rings (SSSR count). The van der Waals surface area contributed by atoms with E-state index in [0.29, 0.717) is 37.7 Å². The molecule has 0 heterocycles. The second kappa shape index (κ2) is 11.9. The van der Waals surface area contributed by atoms with Crippen molar-refractivity contribution in [2.45, 2.75) is 20.3 Å². The van der Waals surface area contributed by atoms with E-state index in [1.165, 1.54) is 0 Å². The van der Waals surface area contributed by atoms with Gasteiger partial charge in [0, 0.05) is 17.9 Å². The number of hydrogen-bond acceptors (Lipinski definition) is 5. The molecule has 0 saturated carbocycles. The van der Waals surface area contributed by atoms with Gasteiger partial charge in [0.1, 0.15) is 18.1 Å². The Bertz CT molecular complexity index is 748. The highest BCUT2D eigenvalue weighted by Crippen LogP contribution is 2.16. The molecule has 0 saturated heterocycles. The van der Waals surface area contributed by atoms with Crippen LogP contribution >= 0.6 is 12.2 Å². The Labute approximate surface area is 171 Å². The lowest BCUT2D eigenvalue weighted by Gasteiger charge is -2.11. The van der Waals surface area contributed by atoms with E-state index in [2.05, 4.69) is 17.6 Å². The monoisotopic (exact) mass is 402 g/mol. The molecule has 0 spiro atoms. The summed E-state index contributed by atoms with van der Waals surface area (Å²) in [6.07, 6.45) is 0.955. The smallest absolute Gasteiger partial charge is 0.257 e. The topological polar surface area (TPSA) is 68.8 Å². The Morgan fingerprint density at radius 2 is 1.50 bits per heavy atom. The number of carbonyl (C=O) groups is 1. The molecule has 0 aliphatic carbocycles. The molecule has 0 fully saturated rings. The minimum atomic E-state index is -0.290. The van der Waals surface area contributed by atoms with Crippen LogP contribution in [-0.4, -0.2) is 37.4 Å². The lowest BCUT2D eigenvalue weighted by molar-refractivity contribution is 0.0977. The lowest BCUT2D eigenvalue weighted by Crippen LogP contribution is -2.34. The van der Waals surface area contributed by atoms with Gasteiger partial charge in [-0.15, -0.1) is 0 Å². The Kier molecular flexibility index (Phi) is 9.24. The van der Waals surface area contributed by atoms with Gasteiger partial charge in [0.2, 0.25) is 0 Å². The van der Waals surface area contributed by atoms with Gasteiger partial charge < -0.3 is 19.5 Å². The van der Waals surface area contributed by atoms with E-state index in [0.717, 1.165) is 17.9 Å². The second-order valence-corrected chi connectivity index (χ2v) is 6.26. The number of thiocarbonyl (C=S) groups is 1. The van der Waals surface area contributed by atoms with E-state index >= 15 is 0 Å². The quantitative estimate of drug-likeness (QED) is 0.462. The summed E-state index contributed by atoms with van der Waals surface area (Å²) in [6, 6.07) is 14.3. The molecule has 2 N–H and O–H groups in total. The summed E-state index contributed by atoms with van der Waals surface area (Å²) in [7, 11) is 0. The molecule has 0 aliphatic heterocycles. The van der Waals surface area contributed by atoms with Crippen molar-refractivity contribution >= 4 is 28.9 Å². The van der Waals surface area contributed by atoms with Gasteiger partial charge >= 0.3 is 0 Å². The van der Waals surface area contributed by atoms with Crippen molar-refractivity contribution in [2.24, 2.45) is 0 Å². The van der Waals surface area contributed by atoms with Gasteiger partial charge in [-0.25, -0.2) is 0 Å². The predicted molar refractivity (Wildman–Crippen MR) is 114 cm³/mol. The molecule has 28 heavy (non-hydrogen) atoms. The largest absolute Gasteiger partial charge is 0.494 e. The molecule has 0 aromatic heterocycles. The average Bonchev–Trinajstić information content (AvgIpc) is 2.71. The zero-order valence-electron chi connectivity index (χ0n) is 16.2. The number of anilines is 1. The number of carbonyl (C=O) groups excluding carboxylic acids is 1. The maximum atomic E-state index is 12.3. The van der Waals surface area contributed by atoms with Crippen LogP contribution in [0.25, 0.3) is 0 Å². The van der Waals surface area contributed by atoms with Crippen molar-refractivity contribution in [3.63, 3.8) is 0 Å². The molecule has 0 unspecified atom stereocenters. The summed E-state index contributed by atoms with van der Waals surface area (Å²) >= 11 is 5.21. The van der Waals surface area contributed by atoms with E-state index in [-0.39, 0.29) is 11.0 Å². The van der Waals surface area contributed by atoms with Crippen molar-refractivity contribution in [1.82, 2.24) is 5.32 Å². The van der Waals surface area contributed by atoms with Crippen LogP contribution in [0.2, 0.25) is 0 Å². The molecule has 0 aliphatic rings. The molecule has 2 aromatic rings. The fourth-order valence-electron chi connectivity index (χ4n) is 2.26. The average molecular weight is 403 g/mol. The number of amides is 1. The van der Waals surface area contributed by atoms with Gasteiger partial charge in [0.15, 0.2) is 5.11 Å². The highest BCUT2D eigenvalue weighted by atomic mass is 32.1. The highest BCUT2D eigenvalue weighted by molar-refractivity contribution is 7.80. The first kappa shape index (κ1) is 21.7. The second-order valence-electron chi connectivity index (χ2n) is 5.85. The molecular formula is C21H26N2O4S. The number of hydrogen-bond donors (Lipinski definition) is 2. The van der Waals surface area contributed by atoms with Gasteiger partial charge in [0.25, 0.3) is 5.91 Å². The molecule has 150 valence electrons. The molecule has 0 bridgehead atoms. The van der Waals surface area contributed by atoms with Crippen molar-refractivity contribution < 1.29 is 19.0 Å². The minimum Gasteiger partial charge on any atom is -0.494 e. The summed E-state index contributed by atoms with van der Waals surface area (Å²) in [5.41, 5.74) is 1.26. The Morgan fingerprint density at radius 1 is 0.893 bits per heavy atom. The third-order valence-corrected chi connectivity index (χ3v) is 3.83. The van der Waals surface area contributed by atoms with E-state index in [1.54, 1.807) is 24.3 Å². The maximum Gasteiger partial charge on any atom is 0.257 e. The number of nitrogens with one attached hydrogen (secondary N) is 2. The summed E-state index contributed by atoms with van der Waals surface area (Å²) in [5, 5.41) is 5.87. The van der Waals surface area contributed by atoms with E-state index < -0.39 is 0 Å². The van der Waals surface area contributed by atoms with E-state index in [9.17, 15) is 4.79 Å². The normalized spacial score (nSPS) is 10.2. The standard InChI is InChI=1S/C21H26N2O4S/c1-3-13-26-19-11-7-17(8-12-19)22-21(28)23-20(24)16-5-9-18(10-6-16)27-15-14-25-4-2/h5-12H,3-4,13-15H2,1-2H3,(H2,22,23,24,28). The number of ether oxygens (including phenoxy) is 3. The zero-order valence-corrected chi connectivity index (χ0v) is 17.0. The van der Waals surface area contributed by atoms with Crippen LogP contribution in [0.5, 0.6) is 11.5 Å². The summed E-state index contributed by atoms with van der Waals surface area (Å²) in [5.74, 6) is 1.19. The van der Waals surface area contributed by atoms with Gasteiger partial charge in [0.05, 0.1) is 13.2 Å². The number of rotatable bonds is 10. The van der Waals surface area contributed by atoms with Crippen LogP contribution in [0.4, 0.5) is 5.69 Å². The SMILES string of the molecule is CCCOc1ccc(NC(=S)NC(=O)c2ccc(OCCOCC)cc2)cc1. The predicted octanol–water partition coefficient (Wildman–Crippen LogP) is 4.02. The Morgan fingerprint density at radius 3 is 2.11 bits per heavy atom. The highest BCUT2D eigenvalue weighted by Gasteiger charge is 2.08. The van der Waals surface area contributed by atoms with Crippen LogP contribution in [0.1, 0.15) is 30.6 Å². The third-order valence-electron chi connectivity index (χ3n) is 3.63. The first-order valence-corrected chi connectivity index (χ1v) is 9.69. The van der Waals surface area contributed by atoms with E-state index in [4.69, 9.17) is 26.4 Å². The third kappa shape index (κ3) is 7.54. The van der Waals surface area contributed by atoms with Crippen LogP contribution in [-0.2, 0) is 4.74 Å². The summed E-state index contributed by atoms with van der Waals surface area (Å²) in [4.78, 5) is 12.3. The Hall–Kier alpha value is -2.64. The summed E-state index contributed by atoms with van der Waals surface area (Å²) < 4.78 is 16.3. The van der Waals surface area contributed by atoms with Gasteiger partial charge in [-0.2, -0.15) is 0 Å². The molecular weight excluding hydrogens is 376 g/mol. The van der Waals surface area contributed by atoms with Crippen LogP contribution in [0.3, 0.4) is 0 Å². The lowest BCUT2D eigenvalue weighted by atomic mass is 10.2. The van der Waals surface area contributed by atoms with Gasteiger partial charge in [-0.3, -0.25) is 10.1 Å². The molecule has 0 radical (unpaired) electrons. The zero-order chi connectivity index (χ0) is 20.2. The van der Waals surface area contributed by atoms with Crippen molar-refractivity contribution in [3.05, 3.63) is 54.1 Å². The van der Waals surface area contributed by atoms with Crippen LogP contribution in [0, 0.1) is 0 Å².